The number of para-hydroxylation sites is 2. The number of imide groups is 1. The molecule has 4 aromatic rings. The second kappa shape index (κ2) is 11.6. The maximum absolute atomic E-state index is 14.0. The maximum Gasteiger partial charge on any atom is 0.418 e. The highest BCUT2D eigenvalue weighted by atomic mass is 79.9. The Morgan fingerprint density at radius 3 is 2.40 bits per heavy atom. The van der Waals surface area contributed by atoms with Crippen molar-refractivity contribution in [2.75, 3.05) is 16.8 Å². The molecule has 8 rings (SSSR count). The summed E-state index contributed by atoms with van der Waals surface area (Å²) in [6.07, 6.45) is -3.95. The number of aromatic amines is 1. The Morgan fingerprint density at radius 2 is 1.65 bits per heavy atom. The molecule has 3 amide bonds. The highest BCUT2D eigenvalue weighted by Gasteiger charge is 2.69. The number of amides is 3. The molecule has 0 spiro atoms. The second-order valence-corrected chi connectivity index (χ2v) is 15.5. The van der Waals surface area contributed by atoms with Crippen LogP contribution in [0.2, 0.25) is 0 Å². The molecule has 1 aromatic heterocycles. The normalized spacial score (nSPS) is 27.1. The lowest BCUT2D eigenvalue weighted by Gasteiger charge is -2.43. The van der Waals surface area contributed by atoms with Crippen LogP contribution in [0.1, 0.15) is 28.3 Å². The number of anilines is 2. The summed E-state index contributed by atoms with van der Waals surface area (Å²) in [5.41, 5.74) is -0.0937. The first-order valence-electron chi connectivity index (χ1n) is 15.2. The Kier molecular flexibility index (Phi) is 7.60. The van der Waals surface area contributed by atoms with E-state index >= 15 is 0 Å². The number of halogens is 4. The highest BCUT2D eigenvalue weighted by molar-refractivity contribution is 9.10. The molecule has 7 atom stereocenters. The van der Waals surface area contributed by atoms with E-state index in [0.717, 1.165) is 31.8 Å². The number of carbonyl (C=O) groups is 3. The van der Waals surface area contributed by atoms with Gasteiger partial charge in [-0.05, 0) is 66.6 Å². The highest BCUT2D eigenvalue weighted by Crippen LogP contribution is 2.69. The summed E-state index contributed by atoms with van der Waals surface area (Å²) < 4.78 is 47.3. The van der Waals surface area contributed by atoms with Gasteiger partial charge in [0.05, 0.1) is 33.8 Å². The van der Waals surface area contributed by atoms with Crippen LogP contribution in [0.4, 0.5) is 24.5 Å². The number of hydrogen-bond acceptors (Lipinski definition) is 7. The monoisotopic (exact) mass is 755 g/mol. The molecule has 2 aliphatic heterocycles. The van der Waals surface area contributed by atoms with Gasteiger partial charge in [-0.2, -0.15) is 13.2 Å². The standard InChI is InChI=1S/C34H25BrF3N3O5S2/c35-15-9-11-16(12-10-15)41-31(43)26-18-13-19(27(26)32(41)44)28-25(18)24(29-30(47-28)40-33(45)48-29)17-5-1-4-8-22(17)46-14-23(42)39-21-7-3-2-6-20(21)34(36,37)38/h1-12,18-19,24-28H,13-14H2,(H,39,42)(H,40,45)/t18-,19-,24+,25-,26+,27+,28-/m1/s1. The van der Waals surface area contributed by atoms with Gasteiger partial charge >= 0.3 is 11.0 Å². The average Bonchev–Trinajstić information content (AvgIpc) is 3.79. The lowest BCUT2D eigenvalue weighted by atomic mass is 9.68. The molecule has 3 heterocycles. The summed E-state index contributed by atoms with van der Waals surface area (Å²) in [6.45, 7) is -0.555. The predicted octanol–water partition coefficient (Wildman–Crippen LogP) is 6.91. The maximum atomic E-state index is 14.0. The Bertz CT molecular complexity index is 2030. The van der Waals surface area contributed by atoms with E-state index in [9.17, 15) is 32.3 Å². The van der Waals surface area contributed by atoms with Crippen molar-refractivity contribution in [2.45, 2.75) is 28.8 Å². The summed E-state index contributed by atoms with van der Waals surface area (Å²) in [5, 5.41) is 2.97. The van der Waals surface area contributed by atoms with E-state index in [2.05, 4.69) is 26.2 Å². The van der Waals surface area contributed by atoms with Gasteiger partial charge in [0.25, 0.3) is 5.91 Å². The quantitative estimate of drug-likeness (QED) is 0.207. The molecule has 0 radical (unpaired) electrons. The van der Waals surface area contributed by atoms with Gasteiger partial charge in [-0.1, -0.05) is 57.6 Å². The number of thioether (sulfide) groups is 1. The molecule has 0 unspecified atom stereocenters. The van der Waals surface area contributed by atoms with E-state index in [4.69, 9.17) is 4.74 Å². The fourth-order valence-electron chi connectivity index (χ4n) is 8.25. The molecule has 4 aliphatic rings. The minimum Gasteiger partial charge on any atom is -0.483 e. The van der Waals surface area contributed by atoms with Crippen molar-refractivity contribution < 1.29 is 32.3 Å². The van der Waals surface area contributed by atoms with Crippen LogP contribution in [-0.4, -0.2) is 34.6 Å². The fraction of sp³-hybridized carbons (Fsp3) is 0.294. The van der Waals surface area contributed by atoms with Crippen molar-refractivity contribution in [1.82, 2.24) is 4.98 Å². The van der Waals surface area contributed by atoms with Crippen molar-refractivity contribution in [3.05, 3.63) is 103 Å². The number of aromatic nitrogens is 1. The van der Waals surface area contributed by atoms with E-state index in [-0.39, 0.29) is 51.3 Å². The van der Waals surface area contributed by atoms with Crippen LogP contribution in [0.25, 0.3) is 0 Å². The number of benzene rings is 3. The largest absolute Gasteiger partial charge is 0.483 e. The van der Waals surface area contributed by atoms with Gasteiger partial charge in [-0.3, -0.25) is 24.1 Å². The van der Waals surface area contributed by atoms with Gasteiger partial charge in [-0.15, -0.1) is 11.8 Å². The predicted molar refractivity (Wildman–Crippen MR) is 177 cm³/mol. The molecular weight excluding hydrogens is 731 g/mol. The number of ether oxygens (including phenoxy) is 1. The van der Waals surface area contributed by atoms with Crippen LogP contribution in [0.5, 0.6) is 5.75 Å². The van der Waals surface area contributed by atoms with E-state index in [1.807, 2.05) is 12.1 Å². The second-order valence-electron chi connectivity index (χ2n) is 12.4. The Morgan fingerprint density at radius 1 is 0.958 bits per heavy atom. The van der Waals surface area contributed by atoms with Crippen LogP contribution in [0, 0.1) is 29.6 Å². The van der Waals surface area contributed by atoms with Crippen molar-refractivity contribution in [3.8, 4) is 5.75 Å². The number of alkyl halides is 3. The van der Waals surface area contributed by atoms with Gasteiger partial charge in [0.15, 0.2) is 6.61 Å². The molecule has 2 aliphatic carbocycles. The van der Waals surface area contributed by atoms with Crippen molar-refractivity contribution >= 4 is 68.1 Å². The Hall–Kier alpha value is -3.88. The Balaban J connectivity index is 1.11. The van der Waals surface area contributed by atoms with Gasteiger partial charge in [0.1, 0.15) is 5.75 Å². The molecule has 3 aromatic carbocycles. The first-order valence-corrected chi connectivity index (χ1v) is 17.7. The van der Waals surface area contributed by atoms with Crippen LogP contribution < -0.4 is 19.8 Å². The van der Waals surface area contributed by atoms with E-state index < -0.39 is 36.1 Å². The summed E-state index contributed by atoms with van der Waals surface area (Å²) in [6, 6.07) is 18.9. The number of nitrogens with zero attached hydrogens (tertiary/aromatic N) is 1. The van der Waals surface area contributed by atoms with Gasteiger partial charge < -0.3 is 15.0 Å². The number of fused-ring (bicyclic) bond motifs is 9. The molecule has 8 nitrogen and oxygen atoms in total. The molecule has 2 saturated carbocycles. The zero-order valence-electron chi connectivity index (χ0n) is 24.7. The molecule has 2 bridgehead atoms. The van der Waals surface area contributed by atoms with Gasteiger partial charge in [0.2, 0.25) is 11.8 Å². The van der Waals surface area contributed by atoms with Gasteiger partial charge in [-0.25, -0.2) is 0 Å². The molecule has 48 heavy (non-hydrogen) atoms. The number of carbonyl (C=O) groups excluding carboxylic acids is 3. The van der Waals surface area contributed by atoms with Crippen molar-refractivity contribution in [3.63, 3.8) is 0 Å². The summed E-state index contributed by atoms with van der Waals surface area (Å²) in [4.78, 5) is 58.3. The zero-order valence-corrected chi connectivity index (χ0v) is 27.9. The third kappa shape index (κ3) is 5.02. The smallest absolute Gasteiger partial charge is 0.418 e. The lowest BCUT2D eigenvalue weighted by molar-refractivity contribution is -0.137. The van der Waals surface area contributed by atoms with Gasteiger partial charge in [0, 0.05) is 26.1 Å². The summed E-state index contributed by atoms with van der Waals surface area (Å²) >= 11 is 6.06. The summed E-state index contributed by atoms with van der Waals surface area (Å²) in [7, 11) is 0. The SMILES string of the molecule is O=C(COc1ccccc1[C@@H]1c2sc(=O)[nH]c2S[C@@H]2[C@@H]3C[C@@H]([C@@H]4C(=O)N(c5ccc(Br)cc5)C(=O)[C@@H]34)[C@H]12)Nc1ccccc1C(F)(F)F. The lowest BCUT2D eigenvalue weighted by Crippen LogP contribution is -2.42. The molecule has 1 saturated heterocycles. The van der Waals surface area contributed by atoms with Crippen molar-refractivity contribution in [2.24, 2.45) is 29.6 Å². The summed E-state index contributed by atoms with van der Waals surface area (Å²) in [5.74, 6) is -2.49. The zero-order chi connectivity index (χ0) is 33.5. The molecular formula is C34H25BrF3N3O5S2. The first kappa shape index (κ1) is 31.4. The molecule has 3 fully saturated rings. The minimum atomic E-state index is -4.65. The van der Waals surface area contributed by atoms with E-state index in [1.54, 1.807) is 48.2 Å². The van der Waals surface area contributed by atoms with E-state index in [1.165, 1.54) is 23.1 Å². The number of nitrogens with one attached hydrogen (secondary N) is 2. The third-order valence-corrected chi connectivity index (χ3v) is 13.0. The van der Waals surface area contributed by atoms with E-state index in [0.29, 0.717) is 23.4 Å². The fourth-order valence-corrected chi connectivity index (χ4v) is 11.4. The first-order chi connectivity index (χ1) is 23.0. The molecule has 14 heteroatoms. The van der Waals surface area contributed by atoms with Crippen molar-refractivity contribution in [1.29, 1.82) is 0 Å². The number of H-pyrrole nitrogens is 1. The number of hydrogen-bond donors (Lipinski definition) is 2. The topological polar surface area (TPSA) is 109 Å². The van der Waals surface area contributed by atoms with Crippen LogP contribution in [-0.2, 0) is 20.6 Å². The number of rotatable bonds is 6. The van der Waals surface area contributed by atoms with Crippen LogP contribution >= 0.6 is 39.0 Å². The minimum absolute atomic E-state index is 0.0594. The van der Waals surface area contributed by atoms with Crippen LogP contribution in [0.15, 0.2) is 87.1 Å². The number of thiazole rings is 1. The van der Waals surface area contributed by atoms with Crippen LogP contribution in [0.3, 0.4) is 0 Å². The average molecular weight is 757 g/mol. The third-order valence-electron chi connectivity index (χ3n) is 9.93. The molecule has 2 N–H and O–H groups in total. The molecule has 246 valence electrons. The Labute approximate surface area is 288 Å².